The molecule has 0 aromatic heterocycles. The van der Waals surface area contributed by atoms with Gasteiger partial charge < -0.3 is 14.7 Å². The van der Waals surface area contributed by atoms with Gasteiger partial charge in [0, 0.05) is 6.07 Å². The molecular formula is C19H17N3O5S. The van der Waals surface area contributed by atoms with Crippen LogP contribution >= 0.6 is 0 Å². The molecule has 9 heteroatoms. The van der Waals surface area contributed by atoms with Gasteiger partial charge in [-0.15, -0.1) is 0 Å². The Morgan fingerprint density at radius 2 is 1.50 bits per heavy atom. The van der Waals surface area contributed by atoms with Gasteiger partial charge in [-0.05, 0) is 36.4 Å². The SMILES string of the molecule is NC(=O)N(c1cccc(Oc2ccccc2)c1)c1ccccc1OS(N)(=O)=O. The van der Waals surface area contributed by atoms with Gasteiger partial charge in [0.2, 0.25) is 0 Å². The topological polar surface area (TPSA) is 125 Å². The average molecular weight is 399 g/mol. The summed E-state index contributed by atoms with van der Waals surface area (Å²) in [6, 6.07) is 20.8. The standard InChI is InChI=1S/C19H17N3O5S/c20-19(23)22(17-11-4-5-12-18(17)27-28(21,24)25)14-7-6-10-16(13-14)26-15-8-2-1-3-9-15/h1-13H,(H2,20,23)(H2,21,24,25). The largest absolute Gasteiger partial charge is 0.457 e. The molecule has 0 saturated heterocycles. The Hall–Kier alpha value is -3.56. The number of urea groups is 1. The van der Waals surface area contributed by atoms with Gasteiger partial charge in [-0.2, -0.15) is 13.6 Å². The monoisotopic (exact) mass is 399 g/mol. The van der Waals surface area contributed by atoms with E-state index < -0.39 is 16.3 Å². The highest BCUT2D eigenvalue weighted by molar-refractivity contribution is 7.84. The maximum absolute atomic E-state index is 12.2. The van der Waals surface area contributed by atoms with Crippen LogP contribution in [0.4, 0.5) is 16.2 Å². The van der Waals surface area contributed by atoms with Crippen molar-refractivity contribution in [2.24, 2.45) is 10.9 Å². The summed E-state index contributed by atoms with van der Waals surface area (Å²) < 4.78 is 33.2. The van der Waals surface area contributed by atoms with E-state index in [9.17, 15) is 13.2 Å². The molecule has 4 N–H and O–H groups in total. The molecular weight excluding hydrogens is 382 g/mol. The molecule has 0 spiro atoms. The normalized spacial score (nSPS) is 10.9. The summed E-state index contributed by atoms with van der Waals surface area (Å²) >= 11 is 0. The number of hydrogen-bond donors (Lipinski definition) is 2. The highest BCUT2D eigenvalue weighted by Gasteiger charge is 2.21. The molecule has 144 valence electrons. The number of nitrogens with zero attached hydrogens (tertiary/aromatic N) is 1. The molecule has 3 aromatic rings. The van der Waals surface area contributed by atoms with Crippen molar-refractivity contribution < 1.29 is 22.1 Å². The number of amides is 2. The van der Waals surface area contributed by atoms with Gasteiger partial charge in [-0.3, -0.25) is 4.90 Å². The molecule has 3 rings (SSSR count). The Balaban J connectivity index is 2.00. The zero-order valence-electron chi connectivity index (χ0n) is 14.6. The number of benzene rings is 3. The Bertz CT molecular complexity index is 1090. The minimum Gasteiger partial charge on any atom is -0.457 e. The van der Waals surface area contributed by atoms with Gasteiger partial charge in [0.15, 0.2) is 5.75 Å². The minimum atomic E-state index is -4.29. The summed E-state index contributed by atoms with van der Waals surface area (Å²) in [4.78, 5) is 13.3. The Kier molecular flexibility index (Phi) is 5.48. The lowest BCUT2D eigenvalue weighted by Crippen LogP contribution is -2.32. The van der Waals surface area contributed by atoms with Gasteiger partial charge in [-0.25, -0.2) is 4.79 Å². The average Bonchev–Trinajstić information content (AvgIpc) is 2.63. The van der Waals surface area contributed by atoms with E-state index >= 15 is 0 Å². The van der Waals surface area contributed by atoms with E-state index in [1.807, 2.05) is 18.2 Å². The second-order valence-electron chi connectivity index (χ2n) is 5.63. The van der Waals surface area contributed by atoms with Crippen molar-refractivity contribution in [2.75, 3.05) is 4.90 Å². The third-order valence-electron chi connectivity index (χ3n) is 3.59. The lowest BCUT2D eigenvalue weighted by atomic mass is 10.2. The number of anilines is 2. The van der Waals surface area contributed by atoms with Crippen LogP contribution in [0, 0.1) is 0 Å². The molecule has 0 radical (unpaired) electrons. The number of para-hydroxylation sites is 3. The first kappa shape index (κ1) is 19.2. The lowest BCUT2D eigenvalue weighted by molar-refractivity contribution is 0.256. The van der Waals surface area contributed by atoms with Crippen molar-refractivity contribution in [3.63, 3.8) is 0 Å². The van der Waals surface area contributed by atoms with Crippen molar-refractivity contribution in [3.8, 4) is 17.2 Å². The van der Waals surface area contributed by atoms with Crippen LogP contribution in [0.1, 0.15) is 0 Å². The van der Waals surface area contributed by atoms with Crippen LogP contribution in [0.5, 0.6) is 17.2 Å². The fraction of sp³-hybridized carbons (Fsp3) is 0. The van der Waals surface area contributed by atoms with Crippen LogP contribution in [0.15, 0.2) is 78.9 Å². The molecule has 0 aliphatic carbocycles. The lowest BCUT2D eigenvalue weighted by Gasteiger charge is -2.23. The molecule has 0 unspecified atom stereocenters. The zero-order valence-corrected chi connectivity index (χ0v) is 15.4. The summed E-state index contributed by atoms with van der Waals surface area (Å²) in [7, 11) is -4.29. The van der Waals surface area contributed by atoms with Crippen LogP contribution < -0.4 is 24.7 Å². The molecule has 8 nitrogen and oxygen atoms in total. The molecule has 0 saturated carbocycles. The smallest absolute Gasteiger partial charge is 0.380 e. The number of rotatable bonds is 6. The van der Waals surface area contributed by atoms with Gasteiger partial charge in [0.05, 0.1) is 11.4 Å². The Morgan fingerprint density at radius 3 is 2.18 bits per heavy atom. The van der Waals surface area contributed by atoms with E-state index in [4.69, 9.17) is 19.8 Å². The molecule has 2 amide bonds. The fourth-order valence-electron chi connectivity index (χ4n) is 2.53. The van der Waals surface area contributed by atoms with Gasteiger partial charge in [0.25, 0.3) is 0 Å². The van der Waals surface area contributed by atoms with Crippen molar-refractivity contribution in [1.29, 1.82) is 0 Å². The molecule has 0 aliphatic heterocycles. The molecule has 0 bridgehead atoms. The Labute approximate surface area is 162 Å². The third kappa shape index (κ3) is 4.78. The Morgan fingerprint density at radius 1 is 0.857 bits per heavy atom. The maximum atomic E-state index is 12.2. The van der Waals surface area contributed by atoms with E-state index in [2.05, 4.69) is 0 Å². The first-order chi connectivity index (χ1) is 13.3. The summed E-state index contributed by atoms with van der Waals surface area (Å²) in [6.45, 7) is 0. The number of ether oxygens (including phenoxy) is 1. The number of carbonyl (C=O) groups is 1. The van der Waals surface area contributed by atoms with Crippen LogP contribution in [0.2, 0.25) is 0 Å². The molecule has 0 aliphatic rings. The number of hydrogen-bond acceptors (Lipinski definition) is 5. The maximum Gasteiger partial charge on any atom is 0.380 e. The zero-order chi connectivity index (χ0) is 20.1. The van der Waals surface area contributed by atoms with E-state index in [0.29, 0.717) is 17.2 Å². The van der Waals surface area contributed by atoms with Gasteiger partial charge in [-0.1, -0.05) is 36.4 Å². The van der Waals surface area contributed by atoms with E-state index in [0.717, 1.165) is 4.90 Å². The third-order valence-corrected chi connectivity index (χ3v) is 4.00. The van der Waals surface area contributed by atoms with Crippen LogP contribution in [-0.2, 0) is 10.3 Å². The molecule has 28 heavy (non-hydrogen) atoms. The van der Waals surface area contributed by atoms with Crippen molar-refractivity contribution in [2.45, 2.75) is 0 Å². The summed E-state index contributed by atoms with van der Waals surface area (Å²) in [5.74, 6) is 0.932. The highest BCUT2D eigenvalue weighted by Crippen LogP contribution is 2.36. The first-order valence-corrected chi connectivity index (χ1v) is 9.54. The van der Waals surface area contributed by atoms with E-state index in [-0.39, 0.29) is 11.4 Å². The van der Waals surface area contributed by atoms with Gasteiger partial charge >= 0.3 is 16.3 Å². The first-order valence-electron chi connectivity index (χ1n) is 8.07. The summed E-state index contributed by atoms with van der Waals surface area (Å²) in [5.41, 5.74) is 6.01. The number of primary amides is 1. The second kappa shape index (κ2) is 7.99. The van der Waals surface area contributed by atoms with Crippen molar-refractivity contribution in [3.05, 3.63) is 78.9 Å². The molecule has 0 atom stereocenters. The van der Waals surface area contributed by atoms with E-state index in [1.54, 1.807) is 42.5 Å². The van der Waals surface area contributed by atoms with E-state index in [1.165, 1.54) is 18.2 Å². The number of carbonyl (C=O) groups excluding carboxylic acids is 1. The van der Waals surface area contributed by atoms with Crippen LogP contribution in [-0.4, -0.2) is 14.4 Å². The van der Waals surface area contributed by atoms with Crippen molar-refractivity contribution >= 4 is 27.7 Å². The van der Waals surface area contributed by atoms with Gasteiger partial charge in [0.1, 0.15) is 11.5 Å². The predicted octanol–water partition coefficient (Wildman–Crippen LogP) is 3.28. The highest BCUT2D eigenvalue weighted by atomic mass is 32.2. The van der Waals surface area contributed by atoms with Crippen LogP contribution in [0.25, 0.3) is 0 Å². The second-order valence-corrected chi connectivity index (χ2v) is 6.78. The molecule has 0 heterocycles. The van der Waals surface area contributed by atoms with Crippen molar-refractivity contribution in [1.82, 2.24) is 0 Å². The minimum absolute atomic E-state index is 0.112. The number of nitrogens with two attached hydrogens (primary N) is 2. The predicted molar refractivity (Wildman–Crippen MR) is 105 cm³/mol. The fourth-order valence-corrected chi connectivity index (χ4v) is 2.92. The quantitative estimate of drug-likeness (QED) is 0.658. The molecule has 3 aromatic carbocycles. The summed E-state index contributed by atoms with van der Waals surface area (Å²) in [6.07, 6.45) is 0. The van der Waals surface area contributed by atoms with Crippen LogP contribution in [0.3, 0.4) is 0 Å². The molecule has 0 fully saturated rings. The summed E-state index contributed by atoms with van der Waals surface area (Å²) in [5, 5.41) is 4.96.